The van der Waals surface area contributed by atoms with Crippen molar-refractivity contribution in [3.8, 4) is 5.75 Å². The fourth-order valence-corrected chi connectivity index (χ4v) is 1.79. The first-order chi connectivity index (χ1) is 9.74. The highest BCUT2D eigenvalue weighted by atomic mass is 16.5. The third-order valence-electron chi connectivity index (χ3n) is 3.43. The standard InChI is InChI=1S/C17H28N2O2/c1-12(10-18)11-19-16(20)13(2)21-15-8-6-14(7-9-15)17(3,4)5/h6-9,12-13H,10-11,18H2,1-5H3,(H,19,20). The number of hydrogen-bond donors (Lipinski definition) is 2. The van der Waals surface area contributed by atoms with Crippen molar-refractivity contribution < 1.29 is 9.53 Å². The molecule has 1 amide bonds. The highest BCUT2D eigenvalue weighted by molar-refractivity contribution is 5.80. The summed E-state index contributed by atoms with van der Waals surface area (Å²) in [6.07, 6.45) is -0.518. The molecule has 118 valence electrons. The van der Waals surface area contributed by atoms with E-state index in [2.05, 4.69) is 26.1 Å². The molecule has 0 aliphatic heterocycles. The maximum atomic E-state index is 11.9. The third kappa shape index (κ3) is 5.76. The molecule has 3 N–H and O–H groups in total. The van der Waals surface area contributed by atoms with Crippen LogP contribution in [0.1, 0.15) is 40.2 Å². The summed E-state index contributed by atoms with van der Waals surface area (Å²) in [6.45, 7) is 11.4. The van der Waals surface area contributed by atoms with Crippen molar-refractivity contribution in [2.24, 2.45) is 11.7 Å². The van der Waals surface area contributed by atoms with Gasteiger partial charge in [-0.15, -0.1) is 0 Å². The lowest BCUT2D eigenvalue weighted by atomic mass is 9.87. The minimum Gasteiger partial charge on any atom is -0.481 e. The second-order valence-electron chi connectivity index (χ2n) is 6.62. The summed E-state index contributed by atoms with van der Waals surface area (Å²) < 4.78 is 5.67. The molecule has 0 aliphatic carbocycles. The van der Waals surface area contributed by atoms with E-state index in [9.17, 15) is 4.79 Å². The van der Waals surface area contributed by atoms with E-state index in [1.54, 1.807) is 6.92 Å². The predicted molar refractivity (Wildman–Crippen MR) is 86.5 cm³/mol. The van der Waals surface area contributed by atoms with Gasteiger partial charge >= 0.3 is 0 Å². The van der Waals surface area contributed by atoms with Crippen LogP contribution in [0.15, 0.2) is 24.3 Å². The molecule has 21 heavy (non-hydrogen) atoms. The number of amides is 1. The number of ether oxygens (including phenoxy) is 1. The quantitative estimate of drug-likeness (QED) is 0.846. The molecule has 0 saturated heterocycles. The molecule has 0 bridgehead atoms. The van der Waals surface area contributed by atoms with Crippen LogP contribution >= 0.6 is 0 Å². The van der Waals surface area contributed by atoms with Crippen molar-refractivity contribution in [3.05, 3.63) is 29.8 Å². The summed E-state index contributed by atoms with van der Waals surface area (Å²) in [7, 11) is 0. The lowest BCUT2D eigenvalue weighted by Crippen LogP contribution is -2.39. The topological polar surface area (TPSA) is 64.3 Å². The molecule has 1 aromatic carbocycles. The maximum Gasteiger partial charge on any atom is 0.260 e. The Morgan fingerprint density at radius 1 is 1.24 bits per heavy atom. The Kier molecular flexibility index (Phi) is 6.21. The lowest BCUT2D eigenvalue weighted by molar-refractivity contribution is -0.127. The van der Waals surface area contributed by atoms with Gasteiger partial charge in [-0.25, -0.2) is 0 Å². The van der Waals surface area contributed by atoms with Crippen LogP contribution in [-0.4, -0.2) is 25.1 Å². The van der Waals surface area contributed by atoms with Crippen LogP contribution in [0.2, 0.25) is 0 Å². The van der Waals surface area contributed by atoms with Crippen LogP contribution in [0, 0.1) is 5.92 Å². The van der Waals surface area contributed by atoms with Crippen molar-refractivity contribution in [2.75, 3.05) is 13.1 Å². The van der Waals surface area contributed by atoms with E-state index >= 15 is 0 Å². The maximum absolute atomic E-state index is 11.9. The fraction of sp³-hybridized carbons (Fsp3) is 0.588. The van der Waals surface area contributed by atoms with Crippen molar-refractivity contribution >= 4 is 5.91 Å². The van der Waals surface area contributed by atoms with Gasteiger partial charge in [-0.2, -0.15) is 0 Å². The fourth-order valence-electron chi connectivity index (χ4n) is 1.79. The molecule has 4 nitrogen and oxygen atoms in total. The Balaban J connectivity index is 2.54. The van der Waals surface area contributed by atoms with Gasteiger partial charge in [-0.05, 0) is 42.5 Å². The Hall–Kier alpha value is -1.55. The zero-order valence-corrected chi connectivity index (χ0v) is 13.8. The van der Waals surface area contributed by atoms with Crippen LogP contribution < -0.4 is 15.8 Å². The smallest absolute Gasteiger partial charge is 0.260 e. The van der Waals surface area contributed by atoms with Crippen molar-refractivity contribution in [1.82, 2.24) is 5.32 Å². The van der Waals surface area contributed by atoms with E-state index in [0.717, 1.165) is 0 Å². The van der Waals surface area contributed by atoms with Crippen molar-refractivity contribution in [1.29, 1.82) is 0 Å². The van der Waals surface area contributed by atoms with Gasteiger partial charge in [0.2, 0.25) is 0 Å². The molecule has 2 unspecified atom stereocenters. The third-order valence-corrected chi connectivity index (χ3v) is 3.43. The van der Waals surface area contributed by atoms with Crippen LogP contribution in [0.3, 0.4) is 0 Å². The Bertz CT molecular complexity index is 449. The minimum absolute atomic E-state index is 0.111. The number of nitrogens with two attached hydrogens (primary N) is 1. The average molecular weight is 292 g/mol. The molecule has 0 saturated carbocycles. The number of benzene rings is 1. The summed E-state index contributed by atoms with van der Waals surface area (Å²) in [5, 5.41) is 2.85. The molecule has 0 aromatic heterocycles. The zero-order valence-electron chi connectivity index (χ0n) is 13.8. The SMILES string of the molecule is CC(CN)CNC(=O)C(C)Oc1ccc(C(C)(C)C)cc1. The molecular formula is C17H28N2O2. The van der Waals surface area contributed by atoms with Gasteiger partial charge in [0, 0.05) is 6.54 Å². The van der Waals surface area contributed by atoms with Gasteiger partial charge in [0.1, 0.15) is 5.75 Å². The number of nitrogens with one attached hydrogen (secondary N) is 1. The number of rotatable bonds is 6. The Labute approximate surface area is 128 Å². The van der Waals surface area contributed by atoms with Gasteiger partial charge in [0.25, 0.3) is 5.91 Å². The summed E-state index contributed by atoms with van der Waals surface area (Å²) in [5.41, 5.74) is 6.88. The highest BCUT2D eigenvalue weighted by Gasteiger charge is 2.16. The molecule has 2 atom stereocenters. The van der Waals surface area contributed by atoms with Crippen molar-refractivity contribution in [3.63, 3.8) is 0 Å². The van der Waals surface area contributed by atoms with Gasteiger partial charge in [-0.1, -0.05) is 39.8 Å². The van der Waals surface area contributed by atoms with E-state index in [1.165, 1.54) is 5.56 Å². The molecular weight excluding hydrogens is 264 g/mol. The summed E-state index contributed by atoms with van der Waals surface area (Å²) in [5.74, 6) is 0.861. The van der Waals surface area contributed by atoms with E-state index < -0.39 is 6.10 Å². The van der Waals surface area contributed by atoms with Crippen molar-refractivity contribution in [2.45, 2.75) is 46.1 Å². The van der Waals surface area contributed by atoms with E-state index in [4.69, 9.17) is 10.5 Å². The first-order valence-corrected chi connectivity index (χ1v) is 7.49. The van der Waals surface area contributed by atoms with E-state index in [-0.39, 0.29) is 17.2 Å². The first-order valence-electron chi connectivity index (χ1n) is 7.49. The van der Waals surface area contributed by atoms with Crippen LogP contribution in [0.25, 0.3) is 0 Å². The minimum atomic E-state index is -0.518. The molecule has 1 aromatic rings. The average Bonchev–Trinajstić information content (AvgIpc) is 2.43. The van der Waals surface area contributed by atoms with Gasteiger partial charge in [0.05, 0.1) is 0 Å². The van der Waals surface area contributed by atoms with Crippen LogP contribution in [-0.2, 0) is 10.2 Å². The molecule has 0 spiro atoms. The van der Waals surface area contributed by atoms with Gasteiger partial charge in [0.15, 0.2) is 6.10 Å². The molecule has 0 aliphatic rings. The monoisotopic (exact) mass is 292 g/mol. The summed E-state index contributed by atoms with van der Waals surface area (Å²) in [6, 6.07) is 7.90. The number of carbonyl (C=O) groups excluding carboxylic acids is 1. The summed E-state index contributed by atoms with van der Waals surface area (Å²) >= 11 is 0. The predicted octanol–water partition coefficient (Wildman–Crippen LogP) is 2.46. The van der Waals surface area contributed by atoms with Gasteiger partial charge in [-0.3, -0.25) is 4.79 Å². The second kappa shape index (κ2) is 7.46. The normalized spacial score (nSPS) is 14.4. The van der Waals surface area contributed by atoms with Crippen LogP contribution in [0.5, 0.6) is 5.75 Å². The highest BCUT2D eigenvalue weighted by Crippen LogP contribution is 2.24. The van der Waals surface area contributed by atoms with Gasteiger partial charge < -0.3 is 15.8 Å². The zero-order chi connectivity index (χ0) is 16.0. The second-order valence-corrected chi connectivity index (χ2v) is 6.62. The largest absolute Gasteiger partial charge is 0.481 e. The number of carbonyl (C=O) groups is 1. The molecule has 4 heteroatoms. The van der Waals surface area contributed by atoms with Crippen LogP contribution in [0.4, 0.5) is 0 Å². The summed E-state index contributed by atoms with van der Waals surface area (Å²) in [4.78, 5) is 11.9. The lowest BCUT2D eigenvalue weighted by Gasteiger charge is -2.20. The Morgan fingerprint density at radius 2 is 1.81 bits per heavy atom. The number of hydrogen-bond acceptors (Lipinski definition) is 3. The first kappa shape index (κ1) is 17.5. The molecule has 1 rings (SSSR count). The Morgan fingerprint density at radius 3 is 2.29 bits per heavy atom. The molecule has 0 radical (unpaired) electrons. The van der Waals surface area contributed by atoms with E-state index in [1.807, 2.05) is 31.2 Å². The molecule has 0 heterocycles. The molecule has 0 fully saturated rings. The van der Waals surface area contributed by atoms with E-state index in [0.29, 0.717) is 18.8 Å².